The number of rotatable bonds is 1. The summed E-state index contributed by atoms with van der Waals surface area (Å²) in [6.07, 6.45) is 1.31. The van der Waals surface area contributed by atoms with E-state index < -0.39 is 0 Å². The molecule has 2 aliphatic heterocycles. The second-order valence-electron chi connectivity index (χ2n) is 6.28. The van der Waals surface area contributed by atoms with Crippen LogP contribution in [-0.4, -0.2) is 10.9 Å². The Bertz CT molecular complexity index is 419. The number of hydrogen-bond donors (Lipinski definition) is 0. The van der Waals surface area contributed by atoms with Gasteiger partial charge in [-0.15, -0.1) is 0 Å². The van der Waals surface area contributed by atoms with Gasteiger partial charge >= 0.3 is 0 Å². The van der Waals surface area contributed by atoms with E-state index >= 15 is 0 Å². The van der Waals surface area contributed by atoms with Crippen LogP contribution in [-0.2, 0) is 0 Å². The Kier molecular flexibility index (Phi) is 2.00. The van der Waals surface area contributed by atoms with Gasteiger partial charge in [-0.05, 0) is 36.8 Å². The molecule has 1 fully saturated rings. The first-order valence-electron chi connectivity index (χ1n) is 6.38. The monoisotopic (exact) mass is 215 g/mol. The van der Waals surface area contributed by atoms with Crippen molar-refractivity contribution >= 4 is 0 Å². The van der Waals surface area contributed by atoms with E-state index in [4.69, 9.17) is 0 Å². The minimum absolute atomic E-state index is 0.434. The van der Waals surface area contributed by atoms with Crippen LogP contribution in [0.2, 0.25) is 0 Å². The lowest BCUT2D eigenvalue weighted by molar-refractivity contribution is 0.140. The summed E-state index contributed by atoms with van der Waals surface area (Å²) in [5.74, 6) is 0. The Morgan fingerprint density at radius 2 is 1.81 bits per heavy atom. The zero-order valence-electron chi connectivity index (χ0n) is 10.7. The van der Waals surface area contributed by atoms with Crippen LogP contribution in [0.4, 0.5) is 0 Å². The summed E-state index contributed by atoms with van der Waals surface area (Å²) < 4.78 is 0. The fourth-order valence-electron chi connectivity index (χ4n) is 3.87. The van der Waals surface area contributed by atoms with Gasteiger partial charge < -0.3 is 0 Å². The van der Waals surface area contributed by atoms with E-state index in [1.807, 2.05) is 0 Å². The summed E-state index contributed by atoms with van der Waals surface area (Å²) in [4.78, 5) is 2.71. The van der Waals surface area contributed by atoms with Gasteiger partial charge in [0.1, 0.15) is 0 Å². The first-order valence-corrected chi connectivity index (χ1v) is 6.38. The van der Waals surface area contributed by atoms with Crippen LogP contribution in [0.25, 0.3) is 0 Å². The molecule has 0 spiro atoms. The third kappa shape index (κ3) is 1.15. The van der Waals surface area contributed by atoms with Crippen molar-refractivity contribution < 1.29 is 0 Å². The van der Waals surface area contributed by atoms with Gasteiger partial charge in [0.15, 0.2) is 0 Å². The zero-order valence-corrected chi connectivity index (χ0v) is 10.7. The molecule has 1 heteroatoms. The largest absolute Gasteiger partial charge is 0.286 e. The summed E-state index contributed by atoms with van der Waals surface area (Å²) in [7, 11) is 0. The van der Waals surface area contributed by atoms with Gasteiger partial charge in [0.25, 0.3) is 0 Å². The second-order valence-corrected chi connectivity index (χ2v) is 6.28. The maximum atomic E-state index is 2.71. The molecule has 0 aromatic heterocycles. The van der Waals surface area contributed by atoms with Gasteiger partial charge in [-0.1, -0.05) is 38.1 Å². The van der Waals surface area contributed by atoms with Crippen LogP contribution in [0, 0.1) is 5.41 Å². The molecule has 16 heavy (non-hydrogen) atoms. The predicted molar refractivity (Wildman–Crippen MR) is 67.3 cm³/mol. The molecule has 1 aromatic rings. The molecule has 2 atom stereocenters. The fraction of sp³-hybridized carbons (Fsp3) is 0.600. The SMILES string of the molecule is CC(C)N1C2CC(C)(C)C1c1ccccc12. The van der Waals surface area contributed by atoms with Crippen LogP contribution in [0.3, 0.4) is 0 Å². The highest BCUT2D eigenvalue weighted by atomic mass is 15.3. The molecule has 0 N–H and O–H groups in total. The van der Waals surface area contributed by atoms with Crippen molar-refractivity contribution in [2.75, 3.05) is 0 Å². The third-order valence-electron chi connectivity index (χ3n) is 4.36. The molecule has 3 rings (SSSR count). The standard InChI is InChI=1S/C15H21N/c1-10(2)16-13-9-15(3,4)14(16)12-8-6-5-7-11(12)13/h5-8,10,13-14H,9H2,1-4H3. The number of nitrogens with zero attached hydrogens (tertiary/aromatic N) is 1. The van der Waals surface area contributed by atoms with Crippen LogP contribution in [0.15, 0.2) is 24.3 Å². The van der Waals surface area contributed by atoms with Crippen LogP contribution < -0.4 is 0 Å². The van der Waals surface area contributed by atoms with Crippen molar-refractivity contribution in [3.8, 4) is 0 Å². The molecule has 1 aromatic carbocycles. The number of hydrogen-bond acceptors (Lipinski definition) is 1. The maximum Gasteiger partial charge on any atom is 0.0411 e. The fourth-order valence-corrected chi connectivity index (χ4v) is 3.87. The molecule has 0 aliphatic carbocycles. The quantitative estimate of drug-likeness (QED) is 0.686. The molecule has 2 bridgehead atoms. The van der Waals surface area contributed by atoms with E-state index in [1.54, 1.807) is 11.1 Å². The molecule has 0 amide bonds. The number of benzene rings is 1. The summed E-state index contributed by atoms with van der Waals surface area (Å²) >= 11 is 0. The average Bonchev–Trinajstić information content (AvgIpc) is 2.67. The lowest BCUT2D eigenvalue weighted by Gasteiger charge is -2.33. The molecule has 2 heterocycles. The smallest absolute Gasteiger partial charge is 0.0411 e. The van der Waals surface area contributed by atoms with E-state index in [1.165, 1.54) is 6.42 Å². The summed E-state index contributed by atoms with van der Waals surface area (Å²) in [5, 5.41) is 0. The van der Waals surface area contributed by atoms with Gasteiger partial charge in [-0.2, -0.15) is 0 Å². The minimum atomic E-state index is 0.434. The van der Waals surface area contributed by atoms with Crippen molar-refractivity contribution in [2.45, 2.75) is 52.2 Å². The molecule has 2 unspecified atom stereocenters. The van der Waals surface area contributed by atoms with Crippen molar-refractivity contribution in [3.05, 3.63) is 35.4 Å². The first-order chi connectivity index (χ1) is 7.52. The van der Waals surface area contributed by atoms with E-state index in [0.29, 0.717) is 23.5 Å². The number of fused-ring (bicyclic) bond motifs is 5. The first kappa shape index (κ1) is 10.3. The summed E-state index contributed by atoms with van der Waals surface area (Å²) in [6.45, 7) is 9.49. The van der Waals surface area contributed by atoms with Crippen molar-refractivity contribution in [3.63, 3.8) is 0 Å². The van der Waals surface area contributed by atoms with Crippen LogP contribution in [0.5, 0.6) is 0 Å². The van der Waals surface area contributed by atoms with E-state index in [2.05, 4.69) is 56.9 Å². The molecule has 2 aliphatic rings. The van der Waals surface area contributed by atoms with Gasteiger partial charge in [-0.3, -0.25) is 4.90 Å². The average molecular weight is 215 g/mol. The molecular weight excluding hydrogens is 194 g/mol. The Hall–Kier alpha value is -0.820. The molecule has 0 radical (unpaired) electrons. The topological polar surface area (TPSA) is 3.24 Å². The lowest BCUT2D eigenvalue weighted by Crippen LogP contribution is -2.30. The van der Waals surface area contributed by atoms with Gasteiger partial charge in [0.2, 0.25) is 0 Å². The second kappa shape index (κ2) is 3.10. The summed E-state index contributed by atoms with van der Waals surface area (Å²) in [6, 6.07) is 11.0. The molecule has 86 valence electrons. The van der Waals surface area contributed by atoms with E-state index in [9.17, 15) is 0 Å². The summed E-state index contributed by atoms with van der Waals surface area (Å²) in [5.41, 5.74) is 3.60. The highest BCUT2D eigenvalue weighted by Gasteiger charge is 2.54. The molecule has 1 saturated heterocycles. The van der Waals surface area contributed by atoms with Crippen molar-refractivity contribution in [1.82, 2.24) is 4.90 Å². The highest BCUT2D eigenvalue weighted by molar-refractivity contribution is 5.42. The van der Waals surface area contributed by atoms with Gasteiger partial charge in [0, 0.05) is 18.1 Å². The highest BCUT2D eigenvalue weighted by Crippen LogP contribution is 2.62. The van der Waals surface area contributed by atoms with Crippen LogP contribution in [0.1, 0.15) is 57.3 Å². The molecular formula is C15H21N. The lowest BCUT2D eigenvalue weighted by atomic mass is 9.74. The normalized spacial score (nSPS) is 31.1. The Balaban J connectivity index is 2.14. The Labute approximate surface area is 98.5 Å². The molecule has 0 saturated carbocycles. The van der Waals surface area contributed by atoms with Crippen molar-refractivity contribution in [1.29, 1.82) is 0 Å². The zero-order chi connectivity index (χ0) is 11.5. The third-order valence-corrected chi connectivity index (χ3v) is 4.36. The van der Waals surface area contributed by atoms with Gasteiger partial charge in [-0.25, -0.2) is 0 Å². The van der Waals surface area contributed by atoms with Crippen molar-refractivity contribution in [2.24, 2.45) is 5.41 Å². The van der Waals surface area contributed by atoms with Gasteiger partial charge in [0.05, 0.1) is 0 Å². The van der Waals surface area contributed by atoms with Crippen LogP contribution >= 0.6 is 0 Å². The molecule has 1 nitrogen and oxygen atoms in total. The minimum Gasteiger partial charge on any atom is -0.286 e. The predicted octanol–water partition coefficient (Wildman–Crippen LogP) is 3.92. The Morgan fingerprint density at radius 1 is 1.19 bits per heavy atom. The van der Waals surface area contributed by atoms with E-state index in [-0.39, 0.29) is 0 Å². The Morgan fingerprint density at radius 3 is 2.44 bits per heavy atom. The van der Waals surface area contributed by atoms with E-state index in [0.717, 1.165) is 0 Å². The maximum absolute atomic E-state index is 2.71.